The van der Waals surface area contributed by atoms with Crippen molar-refractivity contribution in [3.63, 3.8) is 0 Å². The highest BCUT2D eigenvalue weighted by molar-refractivity contribution is 7.99. The third kappa shape index (κ3) is 2.81. The second-order valence-electron chi connectivity index (χ2n) is 5.76. The lowest BCUT2D eigenvalue weighted by Gasteiger charge is -2.46. The number of rotatable bonds is 1. The van der Waals surface area contributed by atoms with Crippen molar-refractivity contribution in [2.24, 2.45) is 0 Å². The normalized spacial score (nSPS) is 27.6. The lowest BCUT2D eigenvalue weighted by molar-refractivity contribution is -0.141. The summed E-state index contributed by atoms with van der Waals surface area (Å²) in [6, 6.07) is -0.821. The first-order chi connectivity index (χ1) is 8.83. The first-order valence-electron chi connectivity index (χ1n) is 6.40. The fourth-order valence-corrected chi connectivity index (χ4v) is 3.56. The van der Waals surface area contributed by atoms with Gasteiger partial charge >= 0.3 is 12.0 Å². The Morgan fingerprint density at radius 3 is 2.58 bits per heavy atom. The van der Waals surface area contributed by atoms with Gasteiger partial charge in [-0.25, -0.2) is 9.59 Å². The average Bonchev–Trinajstić information content (AvgIpc) is 2.80. The first-order valence-corrected chi connectivity index (χ1v) is 7.56. The molecule has 2 rings (SSSR count). The molecule has 0 aromatic carbocycles. The summed E-state index contributed by atoms with van der Waals surface area (Å²) >= 11 is 1.50. The van der Waals surface area contributed by atoms with Gasteiger partial charge in [-0.1, -0.05) is 0 Å². The van der Waals surface area contributed by atoms with Crippen molar-refractivity contribution in [2.75, 3.05) is 38.3 Å². The number of aliphatic carboxylic acids is 1. The molecular formula is C12H21N3O3S. The van der Waals surface area contributed by atoms with Crippen molar-refractivity contribution >= 4 is 23.8 Å². The van der Waals surface area contributed by atoms with Crippen LogP contribution < -0.4 is 0 Å². The average molecular weight is 287 g/mol. The summed E-state index contributed by atoms with van der Waals surface area (Å²) in [4.78, 5) is 29.1. The second-order valence-corrected chi connectivity index (χ2v) is 6.76. The molecule has 2 amide bonds. The van der Waals surface area contributed by atoms with E-state index in [4.69, 9.17) is 5.11 Å². The van der Waals surface area contributed by atoms with Gasteiger partial charge in [-0.05, 0) is 20.9 Å². The zero-order chi connectivity index (χ0) is 14.2. The number of thioether (sulfide) groups is 1. The number of likely N-dealkylation sites (N-methyl/N-ethyl adjacent to an activating group) is 1. The van der Waals surface area contributed by atoms with E-state index in [0.29, 0.717) is 24.7 Å². The van der Waals surface area contributed by atoms with Crippen molar-refractivity contribution in [1.29, 1.82) is 0 Å². The number of amides is 2. The maximum atomic E-state index is 12.5. The van der Waals surface area contributed by atoms with E-state index in [-0.39, 0.29) is 11.6 Å². The molecule has 0 saturated carbocycles. The molecule has 0 spiro atoms. The zero-order valence-corrected chi connectivity index (χ0v) is 12.4. The number of hydrogen-bond donors (Lipinski definition) is 1. The van der Waals surface area contributed by atoms with Crippen LogP contribution in [0.25, 0.3) is 0 Å². The van der Waals surface area contributed by atoms with E-state index in [1.807, 2.05) is 7.05 Å². The molecule has 2 aliphatic heterocycles. The molecule has 1 N–H and O–H groups in total. The van der Waals surface area contributed by atoms with Crippen LogP contribution in [-0.2, 0) is 4.79 Å². The van der Waals surface area contributed by atoms with Crippen LogP contribution in [0.3, 0.4) is 0 Å². The Labute approximate surface area is 117 Å². The molecule has 0 aliphatic carbocycles. The fourth-order valence-electron chi connectivity index (χ4n) is 2.42. The molecule has 0 aromatic heterocycles. The minimum atomic E-state index is -0.910. The van der Waals surface area contributed by atoms with Crippen LogP contribution in [0, 0.1) is 0 Å². The van der Waals surface area contributed by atoms with E-state index in [1.54, 1.807) is 4.90 Å². The number of piperazine rings is 1. The van der Waals surface area contributed by atoms with Gasteiger partial charge in [-0.2, -0.15) is 0 Å². The monoisotopic (exact) mass is 287 g/mol. The molecule has 1 unspecified atom stereocenters. The molecule has 1 atom stereocenters. The van der Waals surface area contributed by atoms with Gasteiger partial charge in [-0.15, -0.1) is 11.8 Å². The van der Waals surface area contributed by atoms with Gasteiger partial charge in [0.05, 0.1) is 5.88 Å². The highest BCUT2D eigenvalue weighted by Crippen LogP contribution is 2.25. The van der Waals surface area contributed by atoms with Gasteiger partial charge in [-0.3, -0.25) is 4.90 Å². The number of hydrogen-bond acceptors (Lipinski definition) is 4. The molecule has 6 nitrogen and oxygen atoms in total. The fraction of sp³-hybridized carbons (Fsp3) is 0.833. The molecule has 2 fully saturated rings. The van der Waals surface area contributed by atoms with Crippen molar-refractivity contribution in [3.8, 4) is 0 Å². The predicted octanol–water partition coefficient (Wildman–Crippen LogP) is 0.592. The highest BCUT2D eigenvalue weighted by atomic mass is 32.2. The van der Waals surface area contributed by atoms with Gasteiger partial charge in [0.1, 0.15) is 6.04 Å². The van der Waals surface area contributed by atoms with Crippen LogP contribution >= 0.6 is 11.8 Å². The Bertz CT molecular complexity index is 388. The summed E-state index contributed by atoms with van der Waals surface area (Å²) in [5, 5.41) is 9.14. The number of carboxylic acid groups (broad SMARTS) is 1. The van der Waals surface area contributed by atoms with Crippen molar-refractivity contribution < 1.29 is 14.7 Å². The van der Waals surface area contributed by atoms with Crippen LogP contribution in [-0.4, -0.2) is 81.7 Å². The molecule has 0 bridgehead atoms. The lowest BCUT2D eigenvalue weighted by atomic mass is 10.00. The highest BCUT2D eigenvalue weighted by Gasteiger charge is 2.40. The van der Waals surface area contributed by atoms with E-state index >= 15 is 0 Å². The summed E-state index contributed by atoms with van der Waals surface area (Å²) in [7, 11) is 2.05. The number of urea groups is 1. The third-order valence-corrected chi connectivity index (χ3v) is 5.01. The van der Waals surface area contributed by atoms with Crippen molar-refractivity contribution in [3.05, 3.63) is 0 Å². The molecule has 2 aliphatic rings. The number of carboxylic acids is 1. The van der Waals surface area contributed by atoms with E-state index in [0.717, 1.165) is 6.54 Å². The largest absolute Gasteiger partial charge is 0.480 e. The molecular weight excluding hydrogens is 266 g/mol. The van der Waals surface area contributed by atoms with Crippen LogP contribution in [0.1, 0.15) is 13.8 Å². The minimum Gasteiger partial charge on any atom is -0.480 e. The Kier molecular flexibility index (Phi) is 3.96. The SMILES string of the molecule is CN1CCN(C(=O)N2CSCC2C(=O)O)CC1(C)C. The summed E-state index contributed by atoms with van der Waals surface area (Å²) < 4.78 is 0. The molecule has 19 heavy (non-hydrogen) atoms. The van der Waals surface area contributed by atoms with Crippen LogP contribution in [0.4, 0.5) is 4.79 Å². The Balaban J connectivity index is 2.06. The second kappa shape index (κ2) is 5.20. The van der Waals surface area contributed by atoms with Gasteiger partial charge < -0.3 is 14.9 Å². The van der Waals surface area contributed by atoms with Gasteiger partial charge in [0.2, 0.25) is 0 Å². The van der Waals surface area contributed by atoms with Gasteiger partial charge in [0.15, 0.2) is 0 Å². The number of carbonyl (C=O) groups is 2. The summed E-state index contributed by atoms with van der Waals surface area (Å²) in [6.07, 6.45) is 0. The standard InChI is InChI=1S/C12H21N3O3S/c1-12(2)7-14(5-4-13(12)3)11(18)15-8-19-6-9(15)10(16)17/h9H,4-8H2,1-3H3,(H,16,17). The van der Waals surface area contributed by atoms with Crippen molar-refractivity contribution in [1.82, 2.24) is 14.7 Å². The lowest BCUT2D eigenvalue weighted by Crippen LogP contribution is -2.61. The topological polar surface area (TPSA) is 64.1 Å². The van der Waals surface area contributed by atoms with Crippen molar-refractivity contribution in [2.45, 2.75) is 25.4 Å². The molecule has 7 heteroatoms. The first kappa shape index (κ1) is 14.5. The van der Waals surface area contributed by atoms with E-state index in [9.17, 15) is 9.59 Å². The van der Waals surface area contributed by atoms with E-state index in [2.05, 4.69) is 18.7 Å². The maximum Gasteiger partial charge on any atom is 0.327 e. The Hall–Kier alpha value is -0.950. The van der Waals surface area contributed by atoms with E-state index < -0.39 is 12.0 Å². The maximum absolute atomic E-state index is 12.5. The van der Waals surface area contributed by atoms with Crippen LogP contribution in [0.15, 0.2) is 0 Å². The number of carbonyl (C=O) groups excluding carboxylic acids is 1. The molecule has 2 heterocycles. The van der Waals surface area contributed by atoms with E-state index in [1.165, 1.54) is 16.7 Å². The van der Waals surface area contributed by atoms with Crippen LogP contribution in [0.2, 0.25) is 0 Å². The number of nitrogens with zero attached hydrogens (tertiary/aromatic N) is 3. The smallest absolute Gasteiger partial charge is 0.327 e. The minimum absolute atomic E-state index is 0.0699. The summed E-state index contributed by atoms with van der Waals surface area (Å²) in [6.45, 7) is 6.30. The Morgan fingerprint density at radius 2 is 2.00 bits per heavy atom. The summed E-state index contributed by atoms with van der Waals surface area (Å²) in [5.41, 5.74) is -0.0699. The third-order valence-electron chi connectivity index (χ3n) is 4.00. The molecule has 2 saturated heterocycles. The molecule has 0 aromatic rings. The Morgan fingerprint density at radius 1 is 1.32 bits per heavy atom. The zero-order valence-electron chi connectivity index (χ0n) is 11.6. The van der Waals surface area contributed by atoms with Crippen LogP contribution in [0.5, 0.6) is 0 Å². The quantitative estimate of drug-likeness (QED) is 0.765. The molecule has 108 valence electrons. The van der Waals surface area contributed by atoms with Gasteiger partial charge in [0.25, 0.3) is 0 Å². The summed E-state index contributed by atoms with van der Waals surface area (Å²) in [5.74, 6) is 0.0487. The molecule has 0 radical (unpaired) electrons. The van der Waals surface area contributed by atoms with Gasteiger partial charge in [0, 0.05) is 30.9 Å². The predicted molar refractivity (Wildman–Crippen MR) is 74.3 cm³/mol.